The number of carbonyl (C=O) groups excluding carboxylic acids is 1. The van der Waals surface area contributed by atoms with Crippen LogP contribution in [-0.2, 0) is 33.6 Å². The van der Waals surface area contributed by atoms with Crippen molar-refractivity contribution >= 4 is 22.8 Å². The molecule has 0 fully saturated rings. The summed E-state index contributed by atoms with van der Waals surface area (Å²) in [6.45, 7) is 3.93. The van der Waals surface area contributed by atoms with E-state index in [2.05, 4.69) is 4.98 Å². The van der Waals surface area contributed by atoms with Crippen LogP contribution in [0.2, 0.25) is 0 Å². The maximum atomic E-state index is 14.3. The molecule has 1 aromatic heterocycles. The fourth-order valence-electron chi connectivity index (χ4n) is 2.76. The highest BCUT2D eigenvalue weighted by Crippen LogP contribution is 2.29. The molecule has 1 aromatic carbocycles. The maximum absolute atomic E-state index is 14.3. The average molecular weight is 321 g/mol. The zero-order chi connectivity index (χ0) is 17.0. The van der Waals surface area contributed by atoms with Crippen LogP contribution in [0, 0.1) is 5.82 Å². The van der Waals surface area contributed by atoms with E-state index in [-0.39, 0.29) is 12.4 Å². The Morgan fingerprint density at radius 3 is 2.61 bits per heavy atom. The summed E-state index contributed by atoms with van der Waals surface area (Å²) in [5.74, 6) is -2.21. The van der Waals surface area contributed by atoms with Gasteiger partial charge in [0.15, 0.2) is 0 Å². The highest BCUT2D eigenvalue weighted by atomic mass is 19.1. The number of aromatic amines is 1. The molecule has 0 aliphatic rings. The molecule has 0 unspecified atom stereocenters. The quantitative estimate of drug-likeness (QED) is 0.607. The molecule has 0 saturated heterocycles. The first-order valence-electron chi connectivity index (χ1n) is 7.65. The topological polar surface area (TPSA) is 79.4 Å². The molecular formula is C17H20FNO4. The van der Waals surface area contributed by atoms with Crippen LogP contribution in [0.25, 0.3) is 10.9 Å². The van der Waals surface area contributed by atoms with Crippen LogP contribution < -0.4 is 0 Å². The van der Waals surface area contributed by atoms with Crippen molar-refractivity contribution in [1.29, 1.82) is 0 Å². The molecule has 0 amide bonds. The third-order valence-electron chi connectivity index (χ3n) is 3.84. The van der Waals surface area contributed by atoms with E-state index in [4.69, 9.17) is 9.84 Å². The van der Waals surface area contributed by atoms with Gasteiger partial charge in [0.2, 0.25) is 0 Å². The van der Waals surface area contributed by atoms with Gasteiger partial charge in [-0.25, -0.2) is 4.39 Å². The molecule has 23 heavy (non-hydrogen) atoms. The lowest BCUT2D eigenvalue weighted by Gasteiger charge is -2.09. The summed E-state index contributed by atoms with van der Waals surface area (Å²) in [7, 11) is 0. The predicted octanol–water partition coefficient (Wildman–Crippen LogP) is 2.99. The van der Waals surface area contributed by atoms with E-state index in [1.54, 1.807) is 12.3 Å². The molecule has 2 aromatic rings. The molecule has 0 spiro atoms. The molecule has 0 aliphatic heterocycles. The number of benzene rings is 1. The second-order valence-corrected chi connectivity index (χ2v) is 5.31. The number of aromatic nitrogens is 1. The number of carbonyl (C=O) groups is 2. The molecule has 0 aliphatic carbocycles. The van der Waals surface area contributed by atoms with Crippen molar-refractivity contribution in [2.75, 3.05) is 6.61 Å². The Hall–Kier alpha value is -2.37. The second kappa shape index (κ2) is 7.26. The SMILES string of the molecule is CCc1cc(F)c(CC)c2c(CCOC(=O)CC(=O)O)c[nH]c12. The molecule has 0 saturated carbocycles. The van der Waals surface area contributed by atoms with E-state index in [0.717, 1.165) is 22.0 Å². The number of hydrogen-bond acceptors (Lipinski definition) is 3. The molecule has 5 nitrogen and oxygen atoms in total. The number of halogens is 1. The minimum Gasteiger partial charge on any atom is -0.481 e. The van der Waals surface area contributed by atoms with E-state index in [0.29, 0.717) is 24.8 Å². The fraction of sp³-hybridized carbons (Fsp3) is 0.412. The first-order chi connectivity index (χ1) is 11.0. The molecule has 6 heteroatoms. The molecule has 2 rings (SSSR count). The largest absolute Gasteiger partial charge is 0.481 e. The Kier molecular flexibility index (Phi) is 5.36. The van der Waals surface area contributed by atoms with Crippen LogP contribution in [0.3, 0.4) is 0 Å². The van der Waals surface area contributed by atoms with Gasteiger partial charge in [0.05, 0.1) is 6.61 Å². The molecule has 0 bridgehead atoms. The number of H-pyrrole nitrogens is 1. The smallest absolute Gasteiger partial charge is 0.317 e. The first-order valence-corrected chi connectivity index (χ1v) is 7.65. The van der Waals surface area contributed by atoms with Crippen molar-refractivity contribution in [3.8, 4) is 0 Å². The van der Waals surface area contributed by atoms with Gasteiger partial charge in [-0.05, 0) is 35.6 Å². The van der Waals surface area contributed by atoms with Crippen LogP contribution in [0.4, 0.5) is 4.39 Å². The van der Waals surface area contributed by atoms with Crippen molar-refractivity contribution in [2.24, 2.45) is 0 Å². The van der Waals surface area contributed by atoms with Crippen LogP contribution in [0.1, 0.15) is 37.0 Å². The zero-order valence-electron chi connectivity index (χ0n) is 13.2. The Morgan fingerprint density at radius 2 is 2.00 bits per heavy atom. The van der Waals surface area contributed by atoms with Crippen LogP contribution in [0.15, 0.2) is 12.3 Å². The molecule has 2 N–H and O–H groups in total. The Bertz CT molecular complexity index is 736. The lowest BCUT2D eigenvalue weighted by atomic mass is 9.98. The minimum atomic E-state index is -1.22. The number of fused-ring (bicyclic) bond motifs is 1. The summed E-state index contributed by atoms with van der Waals surface area (Å²) in [5.41, 5.74) is 3.33. The minimum absolute atomic E-state index is 0.0696. The highest BCUT2D eigenvalue weighted by Gasteiger charge is 2.16. The number of nitrogens with one attached hydrogen (secondary N) is 1. The molecule has 0 atom stereocenters. The number of hydrogen-bond donors (Lipinski definition) is 2. The highest BCUT2D eigenvalue weighted by molar-refractivity contribution is 5.90. The van der Waals surface area contributed by atoms with Gasteiger partial charge in [0, 0.05) is 23.5 Å². The molecular weight excluding hydrogens is 301 g/mol. The van der Waals surface area contributed by atoms with E-state index < -0.39 is 18.4 Å². The second-order valence-electron chi connectivity index (χ2n) is 5.31. The predicted molar refractivity (Wildman–Crippen MR) is 83.9 cm³/mol. The Labute approximate surface area is 133 Å². The number of ether oxygens (including phenoxy) is 1. The van der Waals surface area contributed by atoms with Crippen LogP contribution in [0.5, 0.6) is 0 Å². The van der Waals surface area contributed by atoms with E-state index in [1.165, 1.54) is 0 Å². The summed E-state index contributed by atoms with van der Waals surface area (Å²) in [5, 5.41) is 9.36. The zero-order valence-corrected chi connectivity index (χ0v) is 13.2. The summed E-state index contributed by atoms with van der Waals surface area (Å²) in [6.07, 6.45) is 2.84. The summed E-state index contributed by atoms with van der Waals surface area (Å²) in [6, 6.07) is 1.56. The van der Waals surface area contributed by atoms with Crippen molar-refractivity contribution < 1.29 is 23.8 Å². The number of aryl methyl sites for hydroxylation is 2. The van der Waals surface area contributed by atoms with Gasteiger partial charge >= 0.3 is 11.9 Å². The van der Waals surface area contributed by atoms with E-state index >= 15 is 0 Å². The lowest BCUT2D eigenvalue weighted by molar-refractivity contribution is -0.151. The lowest BCUT2D eigenvalue weighted by Crippen LogP contribution is -2.12. The van der Waals surface area contributed by atoms with Gasteiger partial charge < -0.3 is 14.8 Å². The number of carboxylic acids is 1. The monoisotopic (exact) mass is 321 g/mol. The number of rotatable bonds is 7. The van der Waals surface area contributed by atoms with E-state index in [1.807, 2.05) is 13.8 Å². The van der Waals surface area contributed by atoms with Gasteiger partial charge in [0.25, 0.3) is 0 Å². The number of esters is 1. The molecule has 1 heterocycles. The van der Waals surface area contributed by atoms with Gasteiger partial charge in [0.1, 0.15) is 12.2 Å². The summed E-state index contributed by atoms with van der Waals surface area (Å²) >= 11 is 0. The van der Waals surface area contributed by atoms with Crippen molar-refractivity contribution in [1.82, 2.24) is 4.98 Å². The third-order valence-corrected chi connectivity index (χ3v) is 3.84. The van der Waals surface area contributed by atoms with Crippen molar-refractivity contribution in [3.05, 3.63) is 34.8 Å². The van der Waals surface area contributed by atoms with Crippen molar-refractivity contribution in [3.63, 3.8) is 0 Å². The summed E-state index contributed by atoms with van der Waals surface area (Å²) in [4.78, 5) is 24.9. The average Bonchev–Trinajstić information content (AvgIpc) is 2.90. The number of aliphatic carboxylic acids is 1. The van der Waals surface area contributed by atoms with Crippen LogP contribution in [-0.4, -0.2) is 28.6 Å². The van der Waals surface area contributed by atoms with Crippen LogP contribution >= 0.6 is 0 Å². The third kappa shape index (κ3) is 3.70. The standard InChI is InChI=1S/C17H20FNO4/c1-3-10-7-13(18)12(4-2)16-11(9-19-17(10)16)5-6-23-15(22)8-14(20)21/h7,9,19H,3-6,8H2,1-2H3,(H,20,21). The van der Waals surface area contributed by atoms with Crippen molar-refractivity contribution in [2.45, 2.75) is 39.5 Å². The molecule has 124 valence electrons. The normalized spacial score (nSPS) is 10.9. The van der Waals surface area contributed by atoms with Gasteiger partial charge in [-0.3, -0.25) is 9.59 Å². The maximum Gasteiger partial charge on any atom is 0.317 e. The fourth-order valence-corrected chi connectivity index (χ4v) is 2.76. The summed E-state index contributed by atoms with van der Waals surface area (Å²) < 4.78 is 19.2. The Morgan fingerprint density at radius 1 is 1.26 bits per heavy atom. The first kappa shape index (κ1) is 17.0. The molecule has 0 radical (unpaired) electrons. The van der Waals surface area contributed by atoms with Gasteiger partial charge in [-0.15, -0.1) is 0 Å². The van der Waals surface area contributed by atoms with E-state index in [9.17, 15) is 14.0 Å². The number of carboxylic acid groups (broad SMARTS) is 1. The van der Waals surface area contributed by atoms with Gasteiger partial charge in [-0.1, -0.05) is 13.8 Å². The Balaban J connectivity index is 2.23. The van der Waals surface area contributed by atoms with Gasteiger partial charge in [-0.2, -0.15) is 0 Å².